The maximum atomic E-state index is 12.2. The zero-order valence-corrected chi connectivity index (χ0v) is 15.0. The molecule has 4 rings (SSSR count). The molecule has 1 amide bonds. The highest BCUT2D eigenvalue weighted by molar-refractivity contribution is 7.16. The van der Waals surface area contributed by atoms with Crippen LogP contribution in [0.4, 0.5) is 5.69 Å². The van der Waals surface area contributed by atoms with Crippen molar-refractivity contribution in [3.05, 3.63) is 40.7 Å². The summed E-state index contributed by atoms with van der Waals surface area (Å²) in [4.78, 5) is 24.5. The number of nitrogens with zero attached hydrogens (tertiary/aromatic N) is 4. The molecule has 134 valence electrons. The minimum Gasteiger partial charge on any atom is -0.465 e. The highest BCUT2D eigenvalue weighted by Crippen LogP contribution is 2.39. The van der Waals surface area contributed by atoms with E-state index in [1.165, 1.54) is 18.4 Å². The van der Waals surface area contributed by atoms with Crippen molar-refractivity contribution >= 4 is 33.9 Å². The molecule has 1 N–H and O–H groups in total. The number of carbonyl (C=O) groups is 2. The summed E-state index contributed by atoms with van der Waals surface area (Å²) in [5.74, 6) is 0.824. The number of anilines is 1. The van der Waals surface area contributed by atoms with Gasteiger partial charge in [0.15, 0.2) is 5.82 Å². The lowest BCUT2D eigenvalue weighted by atomic mass is 10.2. The van der Waals surface area contributed by atoms with Gasteiger partial charge in [-0.1, -0.05) is 17.4 Å². The van der Waals surface area contributed by atoms with Crippen molar-refractivity contribution in [2.75, 3.05) is 12.4 Å². The molecule has 1 aliphatic carbocycles. The minimum absolute atomic E-state index is 0.139. The number of methoxy groups -OCH3 is 1. The molecule has 2 heterocycles. The number of fused-ring (bicyclic) bond motifs is 1. The minimum atomic E-state index is -0.438. The van der Waals surface area contributed by atoms with Gasteiger partial charge in [0.1, 0.15) is 5.01 Å². The second-order valence-electron chi connectivity index (χ2n) is 6.14. The van der Waals surface area contributed by atoms with Crippen LogP contribution in [0.5, 0.6) is 0 Å². The lowest BCUT2D eigenvalue weighted by Crippen LogP contribution is -2.13. The molecule has 1 saturated carbocycles. The summed E-state index contributed by atoms with van der Waals surface area (Å²) in [7, 11) is 1.32. The second-order valence-corrected chi connectivity index (χ2v) is 7.18. The SMILES string of the molecule is COC(=O)c1cccc(NC(=O)CCc2nn3c(C4CC4)nnc3s2)c1. The number of aromatic nitrogens is 4. The Morgan fingerprint density at radius 3 is 2.96 bits per heavy atom. The normalized spacial score (nSPS) is 13.7. The van der Waals surface area contributed by atoms with E-state index in [1.807, 2.05) is 0 Å². The van der Waals surface area contributed by atoms with Gasteiger partial charge in [0, 0.05) is 24.4 Å². The average molecular weight is 371 g/mol. The Morgan fingerprint density at radius 2 is 2.19 bits per heavy atom. The molecule has 0 bridgehead atoms. The third-order valence-electron chi connectivity index (χ3n) is 4.13. The Hall–Kier alpha value is -2.81. The monoisotopic (exact) mass is 371 g/mol. The van der Waals surface area contributed by atoms with Gasteiger partial charge in [-0.05, 0) is 31.0 Å². The largest absolute Gasteiger partial charge is 0.465 e. The Kier molecular flexibility index (Phi) is 4.37. The summed E-state index contributed by atoms with van der Waals surface area (Å²) in [5, 5.41) is 16.5. The highest BCUT2D eigenvalue weighted by atomic mass is 32.1. The van der Waals surface area contributed by atoms with E-state index in [2.05, 4.69) is 25.3 Å². The Bertz CT molecular complexity index is 976. The molecule has 0 saturated heterocycles. The number of benzene rings is 1. The molecule has 0 aliphatic heterocycles. The number of hydrogen-bond acceptors (Lipinski definition) is 7. The predicted octanol–water partition coefficient (Wildman–Crippen LogP) is 2.42. The van der Waals surface area contributed by atoms with Crippen molar-refractivity contribution in [1.29, 1.82) is 0 Å². The van der Waals surface area contributed by atoms with E-state index in [1.54, 1.807) is 28.8 Å². The van der Waals surface area contributed by atoms with Crippen molar-refractivity contribution in [2.24, 2.45) is 0 Å². The fraction of sp³-hybridized carbons (Fsp3) is 0.353. The van der Waals surface area contributed by atoms with Crippen LogP contribution in [0.3, 0.4) is 0 Å². The zero-order valence-electron chi connectivity index (χ0n) is 14.1. The second kappa shape index (κ2) is 6.83. The van der Waals surface area contributed by atoms with Crippen molar-refractivity contribution in [1.82, 2.24) is 19.8 Å². The van der Waals surface area contributed by atoms with Gasteiger partial charge in [-0.3, -0.25) is 4.79 Å². The predicted molar refractivity (Wildman–Crippen MR) is 95.4 cm³/mol. The topological polar surface area (TPSA) is 98.5 Å². The fourth-order valence-corrected chi connectivity index (χ4v) is 3.49. The van der Waals surface area contributed by atoms with Gasteiger partial charge in [-0.15, -0.1) is 10.2 Å². The highest BCUT2D eigenvalue weighted by Gasteiger charge is 2.30. The molecule has 1 aliphatic rings. The van der Waals surface area contributed by atoms with Gasteiger partial charge in [0.2, 0.25) is 10.9 Å². The molecule has 26 heavy (non-hydrogen) atoms. The van der Waals surface area contributed by atoms with E-state index < -0.39 is 5.97 Å². The van der Waals surface area contributed by atoms with Crippen molar-refractivity contribution in [3.63, 3.8) is 0 Å². The third-order valence-corrected chi connectivity index (χ3v) is 5.09. The van der Waals surface area contributed by atoms with E-state index in [9.17, 15) is 9.59 Å². The van der Waals surface area contributed by atoms with Crippen LogP contribution in [0.2, 0.25) is 0 Å². The van der Waals surface area contributed by atoms with E-state index in [-0.39, 0.29) is 5.91 Å². The van der Waals surface area contributed by atoms with Gasteiger partial charge < -0.3 is 10.1 Å². The van der Waals surface area contributed by atoms with Crippen LogP contribution in [0, 0.1) is 0 Å². The van der Waals surface area contributed by atoms with Crippen LogP contribution in [0.1, 0.15) is 46.4 Å². The van der Waals surface area contributed by atoms with Crippen LogP contribution in [-0.4, -0.2) is 38.8 Å². The third kappa shape index (κ3) is 3.43. The first-order chi connectivity index (χ1) is 12.6. The van der Waals surface area contributed by atoms with Gasteiger partial charge in [0.25, 0.3) is 0 Å². The van der Waals surface area contributed by atoms with Crippen LogP contribution in [0.25, 0.3) is 4.96 Å². The molecule has 9 heteroatoms. The molecular formula is C17H17N5O3S. The lowest BCUT2D eigenvalue weighted by Gasteiger charge is -2.06. The molecule has 3 aromatic rings. The molecule has 0 radical (unpaired) electrons. The maximum Gasteiger partial charge on any atom is 0.337 e. The van der Waals surface area contributed by atoms with Crippen molar-refractivity contribution in [2.45, 2.75) is 31.6 Å². The van der Waals surface area contributed by atoms with Gasteiger partial charge in [-0.2, -0.15) is 9.61 Å². The standard InChI is InChI=1S/C17H17N5O3S/c1-25-16(24)11-3-2-4-12(9-11)18-13(23)7-8-14-21-22-15(10-5-6-10)19-20-17(22)26-14/h2-4,9-10H,5-8H2,1H3,(H,18,23). The number of rotatable bonds is 6. The molecule has 1 aromatic carbocycles. The fourth-order valence-electron chi connectivity index (χ4n) is 2.65. The van der Waals surface area contributed by atoms with Crippen LogP contribution in [-0.2, 0) is 16.0 Å². The molecule has 8 nitrogen and oxygen atoms in total. The first-order valence-electron chi connectivity index (χ1n) is 8.33. The number of aryl methyl sites for hydroxylation is 1. The smallest absolute Gasteiger partial charge is 0.337 e. The summed E-state index contributed by atoms with van der Waals surface area (Å²) >= 11 is 1.46. The number of esters is 1. The van der Waals surface area contributed by atoms with E-state index in [0.717, 1.165) is 28.6 Å². The number of nitrogens with one attached hydrogen (secondary N) is 1. The summed E-state index contributed by atoms with van der Waals surface area (Å²) in [6.45, 7) is 0. The zero-order chi connectivity index (χ0) is 18.1. The van der Waals surface area contributed by atoms with Crippen molar-refractivity contribution < 1.29 is 14.3 Å². The average Bonchev–Trinajstić information content (AvgIpc) is 3.28. The summed E-state index contributed by atoms with van der Waals surface area (Å²) in [5.41, 5.74) is 0.957. The molecule has 0 unspecified atom stereocenters. The summed E-state index contributed by atoms with van der Waals surface area (Å²) < 4.78 is 6.48. The van der Waals surface area contributed by atoms with Gasteiger partial charge in [0.05, 0.1) is 12.7 Å². The molecule has 0 atom stereocenters. The quantitative estimate of drug-likeness (QED) is 0.668. The van der Waals surface area contributed by atoms with Gasteiger partial charge >= 0.3 is 5.97 Å². The number of amides is 1. The molecule has 0 spiro atoms. The van der Waals surface area contributed by atoms with Crippen LogP contribution < -0.4 is 5.32 Å². The Morgan fingerprint density at radius 1 is 1.35 bits per heavy atom. The maximum absolute atomic E-state index is 12.2. The van der Waals surface area contributed by atoms with Crippen LogP contribution in [0.15, 0.2) is 24.3 Å². The lowest BCUT2D eigenvalue weighted by molar-refractivity contribution is -0.116. The Balaban J connectivity index is 1.37. The number of carbonyl (C=O) groups excluding carboxylic acids is 2. The molecule has 2 aromatic heterocycles. The van der Waals surface area contributed by atoms with E-state index >= 15 is 0 Å². The Labute approximate surface area is 153 Å². The van der Waals surface area contributed by atoms with Gasteiger partial charge in [-0.25, -0.2) is 4.79 Å². The number of hydrogen-bond donors (Lipinski definition) is 1. The van der Waals surface area contributed by atoms with Crippen molar-refractivity contribution in [3.8, 4) is 0 Å². The number of ether oxygens (including phenoxy) is 1. The van der Waals surface area contributed by atoms with E-state index in [0.29, 0.717) is 30.0 Å². The first-order valence-corrected chi connectivity index (χ1v) is 9.15. The van der Waals surface area contributed by atoms with E-state index in [4.69, 9.17) is 0 Å². The summed E-state index contributed by atoms with van der Waals surface area (Å²) in [6, 6.07) is 6.66. The molecular weight excluding hydrogens is 354 g/mol. The molecule has 1 fully saturated rings. The summed E-state index contributed by atoms with van der Waals surface area (Å²) in [6.07, 6.45) is 3.10. The first kappa shape index (κ1) is 16.6. The van der Waals surface area contributed by atoms with Crippen LogP contribution >= 0.6 is 11.3 Å².